The lowest BCUT2D eigenvalue weighted by Crippen LogP contribution is -2.11. The van der Waals surface area contributed by atoms with Gasteiger partial charge in [0.25, 0.3) is 0 Å². The van der Waals surface area contributed by atoms with E-state index in [9.17, 15) is 4.79 Å². The maximum atomic E-state index is 11.0. The van der Waals surface area contributed by atoms with Crippen molar-refractivity contribution in [1.82, 2.24) is 0 Å². The molecule has 1 aliphatic rings. The molecule has 4 nitrogen and oxygen atoms in total. The molecular weight excluding hydrogens is 206 g/mol. The van der Waals surface area contributed by atoms with Gasteiger partial charge in [-0.2, -0.15) is 0 Å². The van der Waals surface area contributed by atoms with Crippen molar-refractivity contribution in [3.8, 4) is 5.75 Å². The first-order chi connectivity index (χ1) is 7.58. The van der Waals surface area contributed by atoms with Crippen LogP contribution < -0.4 is 9.64 Å². The standard InChI is InChI=1S/C12H15NO3/c1-13(2)8-3-6-10(12(14)15)11(7-8)16-9-4-5-9/h3,6-7,9H,4-5H2,1-2H3,(H,14,15). The molecule has 0 amide bonds. The van der Waals surface area contributed by atoms with Gasteiger partial charge in [0.05, 0.1) is 6.10 Å². The van der Waals surface area contributed by atoms with Gasteiger partial charge < -0.3 is 14.7 Å². The van der Waals surface area contributed by atoms with Crippen LogP contribution in [0.5, 0.6) is 5.75 Å². The van der Waals surface area contributed by atoms with Gasteiger partial charge in [0.2, 0.25) is 0 Å². The highest BCUT2D eigenvalue weighted by atomic mass is 16.5. The first-order valence-corrected chi connectivity index (χ1v) is 5.29. The number of carboxylic acid groups (broad SMARTS) is 1. The number of benzene rings is 1. The molecule has 1 aromatic rings. The van der Waals surface area contributed by atoms with Crippen LogP contribution >= 0.6 is 0 Å². The highest BCUT2D eigenvalue weighted by Crippen LogP contribution is 2.31. The molecule has 0 saturated heterocycles. The molecule has 0 atom stereocenters. The summed E-state index contributed by atoms with van der Waals surface area (Å²) in [5.74, 6) is -0.470. The summed E-state index contributed by atoms with van der Waals surface area (Å²) < 4.78 is 5.60. The van der Waals surface area contributed by atoms with E-state index in [1.54, 1.807) is 18.2 Å². The zero-order chi connectivity index (χ0) is 11.7. The molecule has 0 radical (unpaired) electrons. The second-order valence-corrected chi connectivity index (χ2v) is 4.20. The quantitative estimate of drug-likeness (QED) is 0.844. The Morgan fingerprint density at radius 2 is 2.12 bits per heavy atom. The molecule has 2 rings (SSSR count). The Balaban J connectivity index is 2.33. The van der Waals surface area contributed by atoms with Gasteiger partial charge in [-0.1, -0.05) is 0 Å². The minimum Gasteiger partial charge on any atom is -0.489 e. The van der Waals surface area contributed by atoms with Crippen molar-refractivity contribution in [2.75, 3.05) is 19.0 Å². The van der Waals surface area contributed by atoms with Gasteiger partial charge in [-0.25, -0.2) is 4.79 Å². The first kappa shape index (κ1) is 10.8. The Hall–Kier alpha value is -1.71. The van der Waals surface area contributed by atoms with Crippen molar-refractivity contribution in [2.24, 2.45) is 0 Å². The average molecular weight is 221 g/mol. The van der Waals surface area contributed by atoms with E-state index in [2.05, 4.69) is 0 Å². The fourth-order valence-electron chi connectivity index (χ4n) is 1.43. The molecule has 1 aliphatic carbocycles. The van der Waals surface area contributed by atoms with Crippen molar-refractivity contribution in [3.63, 3.8) is 0 Å². The van der Waals surface area contributed by atoms with Crippen molar-refractivity contribution in [3.05, 3.63) is 23.8 Å². The van der Waals surface area contributed by atoms with Gasteiger partial charge in [0.1, 0.15) is 11.3 Å². The predicted molar refractivity (Wildman–Crippen MR) is 61.4 cm³/mol. The third-order valence-electron chi connectivity index (χ3n) is 2.53. The number of carboxylic acids is 1. The number of rotatable bonds is 4. The summed E-state index contributed by atoms with van der Waals surface area (Å²) in [6.07, 6.45) is 2.24. The number of nitrogens with zero attached hydrogens (tertiary/aromatic N) is 1. The molecule has 4 heteroatoms. The molecule has 86 valence electrons. The smallest absolute Gasteiger partial charge is 0.339 e. The molecule has 1 saturated carbocycles. The SMILES string of the molecule is CN(C)c1ccc(C(=O)O)c(OC2CC2)c1. The van der Waals surface area contributed by atoms with Crippen molar-refractivity contribution >= 4 is 11.7 Å². The molecule has 1 N–H and O–H groups in total. The van der Waals surface area contributed by atoms with Crippen LogP contribution in [-0.4, -0.2) is 31.3 Å². The summed E-state index contributed by atoms with van der Waals surface area (Å²) >= 11 is 0. The van der Waals surface area contributed by atoms with Crippen LogP contribution in [-0.2, 0) is 0 Å². The van der Waals surface area contributed by atoms with Crippen LogP contribution in [0, 0.1) is 0 Å². The first-order valence-electron chi connectivity index (χ1n) is 5.29. The van der Waals surface area contributed by atoms with E-state index in [1.165, 1.54) is 0 Å². The average Bonchev–Trinajstić information content (AvgIpc) is 3.01. The molecule has 0 spiro atoms. The van der Waals surface area contributed by atoms with Crippen molar-refractivity contribution in [1.29, 1.82) is 0 Å². The maximum Gasteiger partial charge on any atom is 0.339 e. The molecule has 1 aromatic carbocycles. The summed E-state index contributed by atoms with van der Waals surface area (Å²) in [4.78, 5) is 12.9. The zero-order valence-corrected chi connectivity index (χ0v) is 9.43. The van der Waals surface area contributed by atoms with Gasteiger partial charge >= 0.3 is 5.97 Å². The molecular formula is C12H15NO3. The van der Waals surface area contributed by atoms with Crippen LogP contribution in [0.1, 0.15) is 23.2 Å². The summed E-state index contributed by atoms with van der Waals surface area (Å²) in [5, 5.41) is 9.03. The van der Waals surface area contributed by atoms with Crippen molar-refractivity contribution < 1.29 is 14.6 Å². The van der Waals surface area contributed by atoms with E-state index in [0.717, 1.165) is 18.5 Å². The van der Waals surface area contributed by atoms with E-state index >= 15 is 0 Å². The predicted octanol–water partition coefficient (Wildman–Crippen LogP) is 1.99. The van der Waals surface area contributed by atoms with Gasteiger partial charge in [0, 0.05) is 25.8 Å². The lowest BCUT2D eigenvalue weighted by Gasteiger charge is -2.15. The Morgan fingerprint density at radius 1 is 1.44 bits per heavy atom. The molecule has 0 aromatic heterocycles. The number of carbonyl (C=O) groups is 1. The molecule has 16 heavy (non-hydrogen) atoms. The number of ether oxygens (including phenoxy) is 1. The lowest BCUT2D eigenvalue weighted by molar-refractivity contribution is 0.0692. The third-order valence-corrected chi connectivity index (χ3v) is 2.53. The monoisotopic (exact) mass is 221 g/mol. The van der Waals surface area contributed by atoms with Crippen LogP contribution in [0.3, 0.4) is 0 Å². The molecule has 0 aliphatic heterocycles. The minimum atomic E-state index is -0.944. The van der Waals surface area contributed by atoms with Crippen LogP contribution in [0.4, 0.5) is 5.69 Å². The fourth-order valence-corrected chi connectivity index (χ4v) is 1.43. The number of anilines is 1. The second-order valence-electron chi connectivity index (χ2n) is 4.20. The zero-order valence-electron chi connectivity index (χ0n) is 9.43. The van der Waals surface area contributed by atoms with Gasteiger partial charge in [-0.05, 0) is 25.0 Å². The van der Waals surface area contributed by atoms with E-state index in [1.807, 2.05) is 19.0 Å². The Labute approximate surface area is 94.4 Å². The maximum absolute atomic E-state index is 11.0. The topological polar surface area (TPSA) is 49.8 Å². The molecule has 1 fully saturated rings. The third kappa shape index (κ3) is 2.27. The second kappa shape index (κ2) is 4.04. The summed E-state index contributed by atoms with van der Waals surface area (Å²) in [7, 11) is 3.83. The summed E-state index contributed by atoms with van der Waals surface area (Å²) in [5.41, 5.74) is 1.18. The Kier molecular flexibility index (Phi) is 2.73. The van der Waals surface area contributed by atoms with E-state index in [0.29, 0.717) is 5.75 Å². The molecule has 0 bridgehead atoms. The number of aromatic carboxylic acids is 1. The fraction of sp³-hybridized carbons (Fsp3) is 0.417. The molecule has 0 unspecified atom stereocenters. The highest BCUT2D eigenvalue weighted by Gasteiger charge is 2.26. The number of hydrogen-bond donors (Lipinski definition) is 1. The lowest BCUT2D eigenvalue weighted by atomic mass is 10.1. The normalized spacial score (nSPS) is 14.6. The van der Waals surface area contributed by atoms with E-state index in [-0.39, 0.29) is 11.7 Å². The molecule has 0 heterocycles. The van der Waals surface area contributed by atoms with E-state index in [4.69, 9.17) is 9.84 Å². The largest absolute Gasteiger partial charge is 0.489 e. The van der Waals surface area contributed by atoms with Crippen LogP contribution in [0.15, 0.2) is 18.2 Å². The van der Waals surface area contributed by atoms with E-state index < -0.39 is 5.97 Å². The number of hydrogen-bond acceptors (Lipinski definition) is 3. The minimum absolute atomic E-state index is 0.204. The summed E-state index contributed by atoms with van der Waals surface area (Å²) in [6.45, 7) is 0. The van der Waals surface area contributed by atoms with Crippen molar-refractivity contribution in [2.45, 2.75) is 18.9 Å². The Morgan fingerprint density at radius 3 is 2.62 bits per heavy atom. The van der Waals surface area contributed by atoms with Gasteiger partial charge in [-0.3, -0.25) is 0 Å². The van der Waals surface area contributed by atoms with Crippen LogP contribution in [0.2, 0.25) is 0 Å². The van der Waals surface area contributed by atoms with Gasteiger partial charge in [-0.15, -0.1) is 0 Å². The van der Waals surface area contributed by atoms with Gasteiger partial charge in [0.15, 0.2) is 0 Å². The highest BCUT2D eigenvalue weighted by molar-refractivity contribution is 5.91. The summed E-state index contributed by atoms with van der Waals surface area (Å²) in [6, 6.07) is 5.15. The Bertz CT molecular complexity index is 411. The van der Waals surface area contributed by atoms with Crippen LogP contribution in [0.25, 0.3) is 0 Å².